The maximum Gasteiger partial charge on any atom is 0.335 e. The lowest BCUT2D eigenvalue weighted by atomic mass is 10.2. The Morgan fingerprint density at radius 3 is 2.80 bits per heavy atom. The van der Waals surface area contributed by atoms with Gasteiger partial charge in [0.25, 0.3) is 0 Å². The molecule has 2 nitrogen and oxygen atoms in total. The van der Waals surface area contributed by atoms with Gasteiger partial charge in [0.1, 0.15) is 0 Å². The summed E-state index contributed by atoms with van der Waals surface area (Å²) in [6.07, 6.45) is 3.43. The van der Waals surface area contributed by atoms with Crippen LogP contribution in [0.3, 0.4) is 0 Å². The molecule has 0 aromatic heterocycles. The lowest BCUT2D eigenvalue weighted by Crippen LogP contribution is -2.00. The number of allylic oxidation sites excluding steroid dienone is 1. The molecule has 1 rings (SSSR count). The van der Waals surface area contributed by atoms with Gasteiger partial charge in [-0.15, -0.1) is 0 Å². The number of carbonyl (C=O) groups is 1. The molecule has 0 aliphatic carbocycles. The summed E-state index contributed by atoms with van der Waals surface area (Å²) in [5.74, 6) is -0.834. The molecule has 0 saturated carbocycles. The number of hydrogen-bond donors (Lipinski definition) is 1. The Kier molecular flexibility index (Phi) is 2.37. The van der Waals surface area contributed by atoms with Crippen LogP contribution in [0, 0.1) is 0 Å². The molecule has 0 spiro atoms. The van der Waals surface area contributed by atoms with Gasteiger partial charge < -0.3 is 5.11 Å². The van der Waals surface area contributed by atoms with Crippen LogP contribution in [0.25, 0.3) is 0 Å². The first-order valence-corrected chi connectivity index (χ1v) is 5.11. The molecule has 0 atom stereocenters. The van der Waals surface area contributed by atoms with E-state index in [1.807, 2.05) is 11.0 Å². The maximum atomic E-state index is 10.4. The van der Waals surface area contributed by atoms with Gasteiger partial charge in [0, 0.05) is 0 Å². The third-order valence-electron chi connectivity index (χ3n) is 1.08. The van der Waals surface area contributed by atoms with Crippen molar-refractivity contribution in [3.63, 3.8) is 0 Å². The van der Waals surface area contributed by atoms with Crippen molar-refractivity contribution >= 4 is 30.2 Å². The third kappa shape index (κ3) is 1.76. The summed E-state index contributed by atoms with van der Waals surface area (Å²) < 4.78 is 3.18. The SMILES string of the molecule is CC1=IC=CC(C(=O)O)=C1. The summed E-state index contributed by atoms with van der Waals surface area (Å²) in [6, 6.07) is 0. The molecule has 0 saturated heterocycles. The number of hydrogen-bond acceptors (Lipinski definition) is 1. The fraction of sp³-hybridized carbons (Fsp3) is 0.143. The van der Waals surface area contributed by atoms with E-state index in [1.54, 1.807) is 12.2 Å². The Bertz CT molecular complexity index is 248. The second-order valence-electron chi connectivity index (χ2n) is 1.89. The summed E-state index contributed by atoms with van der Waals surface area (Å²) in [5, 5.41) is 8.54. The van der Waals surface area contributed by atoms with Crippen LogP contribution in [0.5, 0.6) is 0 Å². The molecule has 1 heterocycles. The van der Waals surface area contributed by atoms with Crippen LogP contribution in [-0.4, -0.2) is 14.6 Å². The van der Waals surface area contributed by atoms with Crippen LogP contribution < -0.4 is 0 Å². The van der Waals surface area contributed by atoms with Crippen molar-refractivity contribution in [3.8, 4) is 0 Å². The molecule has 1 aliphatic rings. The van der Waals surface area contributed by atoms with E-state index >= 15 is 0 Å². The van der Waals surface area contributed by atoms with Crippen LogP contribution in [0.2, 0.25) is 0 Å². The molecule has 0 fully saturated rings. The number of aliphatic carboxylic acids is 1. The van der Waals surface area contributed by atoms with Crippen LogP contribution in [0.1, 0.15) is 6.92 Å². The van der Waals surface area contributed by atoms with E-state index in [0.29, 0.717) is 5.57 Å². The van der Waals surface area contributed by atoms with Gasteiger partial charge in [-0.3, -0.25) is 0 Å². The molecule has 0 bridgehead atoms. The summed E-state index contributed by atoms with van der Waals surface area (Å²) in [5.41, 5.74) is 0.406. The average Bonchev–Trinajstić information content (AvgIpc) is 1.88. The molecule has 0 aromatic carbocycles. The maximum absolute atomic E-state index is 10.4. The normalized spacial score (nSPS) is 16.9. The summed E-state index contributed by atoms with van der Waals surface area (Å²) >= 11 is -0.00441. The van der Waals surface area contributed by atoms with Gasteiger partial charge in [-0.25, -0.2) is 4.79 Å². The Morgan fingerprint density at radius 2 is 2.40 bits per heavy atom. The van der Waals surface area contributed by atoms with Gasteiger partial charge in [-0.05, 0) is 26.7 Å². The first-order chi connectivity index (χ1) is 4.70. The second kappa shape index (κ2) is 3.09. The fourth-order valence-electron chi connectivity index (χ4n) is 0.626. The van der Waals surface area contributed by atoms with Crippen LogP contribution in [0.4, 0.5) is 0 Å². The summed E-state index contributed by atoms with van der Waals surface area (Å²) in [4.78, 5) is 10.4. The van der Waals surface area contributed by atoms with E-state index < -0.39 is 5.97 Å². The van der Waals surface area contributed by atoms with E-state index in [4.69, 9.17) is 5.11 Å². The van der Waals surface area contributed by atoms with E-state index in [-0.39, 0.29) is 20.7 Å². The van der Waals surface area contributed by atoms with E-state index in [9.17, 15) is 4.79 Å². The number of halogens is 1. The van der Waals surface area contributed by atoms with Gasteiger partial charge in [0.05, 0.1) is 5.57 Å². The highest BCUT2D eigenvalue weighted by Crippen LogP contribution is 2.14. The fourth-order valence-corrected chi connectivity index (χ4v) is 2.28. The lowest BCUT2D eigenvalue weighted by molar-refractivity contribution is -0.132. The Balaban J connectivity index is 2.93. The minimum atomic E-state index is -0.834. The van der Waals surface area contributed by atoms with Crippen molar-refractivity contribution in [2.75, 3.05) is 0 Å². The first-order valence-electron chi connectivity index (χ1n) is 2.78. The van der Waals surface area contributed by atoms with Crippen molar-refractivity contribution in [3.05, 3.63) is 21.8 Å². The molecule has 0 unspecified atom stereocenters. The second-order valence-corrected chi connectivity index (χ2v) is 4.94. The minimum Gasteiger partial charge on any atom is -0.478 e. The minimum absolute atomic E-state index is 0.00441. The van der Waals surface area contributed by atoms with Crippen molar-refractivity contribution in [1.82, 2.24) is 0 Å². The summed E-state index contributed by atoms with van der Waals surface area (Å²) in [7, 11) is 0. The van der Waals surface area contributed by atoms with Crippen LogP contribution in [-0.2, 0) is 4.79 Å². The van der Waals surface area contributed by atoms with Gasteiger partial charge in [-0.2, -0.15) is 0 Å². The van der Waals surface area contributed by atoms with Gasteiger partial charge in [-0.1, -0.05) is 20.7 Å². The van der Waals surface area contributed by atoms with Gasteiger partial charge >= 0.3 is 5.97 Å². The molecule has 54 valence electrons. The number of carboxylic acid groups (broad SMARTS) is 1. The Labute approximate surface area is 69.0 Å². The number of rotatable bonds is 1. The summed E-state index contributed by atoms with van der Waals surface area (Å²) in [6.45, 7) is 1.97. The van der Waals surface area contributed by atoms with E-state index in [0.717, 1.165) is 0 Å². The van der Waals surface area contributed by atoms with E-state index in [2.05, 4.69) is 0 Å². The van der Waals surface area contributed by atoms with Crippen LogP contribution >= 0.6 is 20.7 Å². The van der Waals surface area contributed by atoms with Crippen molar-refractivity contribution < 1.29 is 9.90 Å². The highest BCUT2D eigenvalue weighted by atomic mass is 127. The molecule has 0 aromatic rings. The van der Waals surface area contributed by atoms with E-state index in [1.165, 1.54) is 3.51 Å². The zero-order valence-electron chi connectivity index (χ0n) is 5.47. The molecule has 3 heteroatoms. The van der Waals surface area contributed by atoms with Crippen molar-refractivity contribution in [2.45, 2.75) is 6.92 Å². The standard InChI is InChI=1S/C7H7IO2/c1-5-4-6(7(9)10)2-3-8-5/h2-4H,1H3,(H,9,10). The Hall–Kier alpha value is -0.450. The first kappa shape index (κ1) is 7.65. The zero-order valence-corrected chi connectivity index (χ0v) is 7.62. The van der Waals surface area contributed by atoms with Crippen molar-refractivity contribution in [2.24, 2.45) is 0 Å². The average molecular weight is 250 g/mol. The molecule has 0 amide bonds. The largest absolute Gasteiger partial charge is 0.478 e. The molecule has 1 aliphatic heterocycles. The van der Waals surface area contributed by atoms with Gasteiger partial charge in [0.2, 0.25) is 0 Å². The third-order valence-corrected chi connectivity index (χ3v) is 3.09. The number of carboxylic acids is 1. The monoisotopic (exact) mass is 250 g/mol. The highest BCUT2D eigenvalue weighted by Gasteiger charge is 2.04. The molecular weight excluding hydrogens is 243 g/mol. The Morgan fingerprint density at radius 1 is 1.70 bits per heavy atom. The van der Waals surface area contributed by atoms with Crippen LogP contribution in [0.15, 0.2) is 21.8 Å². The molecule has 1 N–H and O–H groups in total. The van der Waals surface area contributed by atoms with Gasteiger partial charge in [0.15, 0.2) is 0 Å². The highest BCUT2D eigenvalue weighted by molar-refractivity contribution is 14.2. The van der Waals surface area contributed by atoms with Crippen molar-refractivity contribution in [1.29, 1.82) is 0 Å². The lowest BCUT2D eigenvalue weighted by Gasteiger charge is -1.98. The molecule has 0 radical (unpaired) electrons. The molecule has 10 heavy (non-hydrogen) atoms. The topological polar surface area (TPSA) is 37.3 Å². The zero-order chi connectivity index (χ0) is 7.56. The predicted octanol–water partition coefficient (Wildman–Crippen LogP) is 1.69. The quantitative estimate of drug-likeness (QED) is 0.719. The predicted molar refractivity (Wildman–Crippen MR) is 49.6 cm³/mol. The molecular formula is C7H7IO2. The smallest absolute Gasteiger partial charge is 0.335 e.